The maximum atomic E-state index is 12.7. The molecule has 0 aliphatic carbocycles. The van der Waals surface area contributed by atoms with Crippen molar-refractivity contribution in [1.29, 1.82) is 0 Å². The number of hydrogen-bond donors (Lipinski definition) is 2. The zero-order chi connectivity index (χ0) is 32.3. The summed E-state index contributed by atoms with van der Waals surface area (Å²) in [6.07, 6.45) is 6.73. The summed E-state index contributed by atoms with van der Waals surface area (Å²) in [4.78, 5) is 25.5. The number of hydrogen-bond acceptors (Lipinski definition) is 6. The molecule has 6 nitrogen and oxygen atoms in total. The number of aliphatic hydroxyl groups excluding tert-OH is 2. The molecular weight excluding hydrogens is 588 g/mol. The van der Waals surface area contributed by atoms with Crippen molar-refractivity contribution in [2.45, 2.75) is 13.2 Å². The summed E-state index contributed by atoms with van der Waals surface area (Å²) in [5, 5.41) is 22.5. The Morgan fingerprint density at radius 1 is 0.553 bits per heavy atom. The van der Waals surface area contributed by atoms with Crippen molar-refractivity contribution in [2.75, 3.05) is 6.79 Å². The number of carbonyl (C=O) groups excluding carboxylic acids is 2. The minimum atomic E-state index is -0.113. The summed E-state index contributed by atoms with van der Waals surface area (Å²) in [6.45, 7) is -0.0411. The van der Waals surface area contributed by atoms with E-state index in [9.17, 15) is 19.8 Å². The van der Waals surface area contributed by atoms with Gasteiger partial charge in [-0.05, 0) is 80.2 Å². The molecule has 0 bridgehead atoms. The summed E-state index contributed by atoms with van der Waals surface area (Å²) in [5.41, 5.74) is 6.27. The van der Waals surface area contributed by atoms with Gasteiger partial charge in [0.05, 0.1) is 13.2 Å². The first-order valence-corrected chi connectivity index (χ1v) is 15.2. The van der Waals surface area contributed by atoms with Crippen LogP contribution in [-0.4, -0.2) is 28.6 Å². The maximum absolute atomic E-state index is 12.7. The minimum Gasteiger partial charge on any atom is -0.457 e. The van der Waals surface area contributed by atoms with Crippen LogP contribution < -0.4 is 9.47 Å². The van der Waals surface area contributed by atoms with Crippen molar-refractivity contribution in [3.05, 3.63) is 155 Å². The summed E-state index contributed by atoms with van der Waals surface area (Å²) in [5.74, 6) is 1.21. The number of ketones is 2. The van der Waals surface area contributed by atoms with Crippen LogP contribution in [0.3, 0.4) is 0 Å². The van der Waals surface area contributed by atoms with Crippen molar-refractivity contribution in [3.63, 3.8) is 0 Å². The van der Waals surface area contributed by atoms with Crippen molar-refractivity contribution in [2.24, 2.45) is 0 Å². The fraction of sp³-hybridized carbons (Fsp3) is 0.0732. The maximum Gasteiger partial charge on any atom is 0.230 e. The van der Waals surface area contributed by atoms with Crippen LogP contribution in [-0.2, 0) is 13.2 Å². The van der Waals surface area contributed by atoms with Gasteiger partial charge < -0.3 is 19.7 Å². The van der Waals surface area contributed by atoms with Gasteiger partial charge in [0, 0.05) is 22.3 Å². The molecule has 230 valence electrons. The van der Waals surface area contributed by atoms with E-state index in [0.29, 0.717) is 11.1 Å². The summed E-state index contributed by atoms with van der Waals surface area (Å²) >= 11 is 0. The molecule has 0 saturated carbocycles. The van der Waals surface area contributed by atoms with E-state index in [0.717, 1.165) is 66.4 Å². The lowest BCUT2D eigenvalue weighted by Gasteiger charge is -2.14. The third kappa shape index (κ3) is 6.08. The smallest absolute Gasteiger partial charge is 0.230 e. The van der Waals surface area contributed by atoms with E-state index in [1.807, 2.05) is 60.7 Å². The highest BCUT2D eigenvalue weighted by atomic mass is 16.7. The van der Waals surface area contributed by atoms with Gasteiger partial charge in [0.2, 0.25) is 6.79 Å². The molecule has 0 fully saturated rings. The Labute approximate surface area is 271 Å². The monoisotopic (exact) mass is 618 g/mol. The minimum absolute atomic E-state index is 0.0629. The van der Waals surface area contributed by atoms with Gasteiger partial charge in [0.1, 0.15) is 11.5 Å². The van der Waals surface area contributed by atoms with E-state index in [1.54, 1.807) is 72.8 Å². The molecule has 6 aromatic carbocycles. The highest BCUT2D eigenvalue weighted by Crippen LogP contribution is 2.47. The van der Waals surface area contributed by atoms with E-state index in [-0.39, 0.29) is 31.6 Å². The predicted octanol–water partition coefficient (Wildman–Crippen LogP) is 8.17. The molecule has 0 saturated heterocycles. The SMILES string of the molecule is O=C(/C=C/c1ccc2c3c(ccc2c1)OCOc1ccc2cc(/C=C/C(=O)c4ccc(CO)cc4)ccc2c1-3)c1ccc(CO)cc1. The van der Waals surface area contributed by atoms with Crippen molar-refractivity contribution in [3.8, 4) is 22.6 Å². The van der Waals surface area contributed by atoms with Crippen LogP contribution in [0.4, 0.5) is 0 Å². The lowest BCUT2D eigenvalue weighted by atomic mass is 9.91. The van der Waals surface area contributed by atoms with Crippen LogP contribution in [0.1, 0.15) is 43.0 Å². The average Bonchev–Trinajstić information content (AvgIpc) is 3.32. The van der Waals surface area contributed by atoms with Gasteiger partial charge >= 0.3 is 0 Å². The number of rotatable bonds is 8. The summed E-state index contributed by atoms with van der Waals surface area (Å²) < 4.78 is 12.1. The number of carbonyl (C=O) groups is 2. The zero-order valence-electron chi connectivity index (χ0n) is 25.4. The fourth-order valence-corrected chi connectivity index (χ4v) is 5.86. The van der Waals surface area contributed by atoms with E-state index in [2.05, 4.69) is 0 Å². The molecule has 0 radical (unpaired) electrons. The zero-order valence-corrected chi connectivity index (χ0v) is 25.4. The first kappa shape index (κ1) is 29.9. The van der Waals surface area contributed by atoms with E-state index >= 15 is 0 Å². The van der Waals surface area contributed by atoms with Crippen LogP contribution in [0.25, 0.3) is 44.8 Å². The third-order valence-corrected chi connectivity index (χ3v) is 8.39. The van der Waals surface area contributed by atoms with Crippen LogP contribution in [0.2, 0.25) is 0 Å². The molecule has 0 aromatic heterocycles. The molecule has 1 heterocycles. The van der Waals surface area contributed by atoms with E-state index < -0.39 is 0 Å². The molecular formula is C41H30O6. The quantitative estimate of drug-likeness (QED) is 0.132. The third-order valence-electron chi connectivity index (χ3n) is 8.39. The number of allylic oxidation sites excluding steroid dienone is 2. The first-order chi connectivity index (χ1) is 23.0. The topological polar surface area (TPSA) is 93.1 Å². The molecule has 1 aliphatic rings. The standard InChI is InChI=1S/C41H30O6/c42-23-28-1-9-30(10-2-28)36(44)17-7-26-5-15-34-32(21-26)13-19-38-40(34)41-35-16-6-27(22-33(35)14-20-39(41)47-25-46-38)8-18-37(45)31-11-3-29(24-43)4-12-31/h1-22,42-43H,23-25H2/b17-7+,18-8+. The Bertz CT molecular complexity index is 2050. The number of fused-ring (bicyclic) bond motifs is 7. The van der Waals surface area contributed by atoms with E-state index in [1.165, 1.54) is 0 Å². The molecule has 0 spiro atoms. The van der Waals surface area contributed by atoms with Crippen molar-refractivity contribution in [1.82, 2.24) is 0 Å². The highest BCUT2D eigenvalue weighted by Gasteiger charge is 2.22. The molecule has 0 atom stereocenters. The lowest BCUT2D eigenvalue weighted by molar-refractivity contribution is 0.103. The Hall–Kier alpha value is -5.82. The molecule has 0 unspecified atom stereocenters. The largest absolute Gasteiger partial charge is 0.457 e. The van der Waals surface area contributed by atoms with Gasteiger partial charge in [0.15, 0.2) is 11.6 Å². The van der Waals surface area contributed by atoms with Gasteiger partial charge in [-0.3, -0.25) is 9.59 Å². The van der Waals surface area contributed by atoms with Crippen LogP contribution in [0, 0.1) is 0 Å². The average molecular weight is 619 g/mol. The van der Waals surface area contributed by atoms with Crippen molar-refractivity contribution < 1.29 is 29.3 Å². The van der Waals surface area contributed by atoms with Gasteiger partial charge in [-0.1, -0.05) is 97.1 Å². The second kappa shape index (κ2) is 12.9. The molecule has 2 N–H and O–H groups in total. The number of ether oxygens (including phenoxy) is 2. The van der Waals surface area contributed by atoms with Crippen molar-refractivity contribution >= 4 is 45.3 Å². The Balaban J connectivity index is 1.22. The number of benzene rings is 6. The summed E-state index contributed by atoms with van der Waals surface area (Å²) in [6, 6.07) is 33.9. The first-order valence-electron chi connectivity index (χ1n) is 15.2. The van der Waals surface area contributed by atoms with Crippen LogP contribution in [0.15, 0.2) is 121 Å². The van der Waals surface area contributed by atoms with Gasteiger partial charge in [-0.15, -0.1) is 0 Å². The molecule has 7 rings (SSSR count). The normalized spacial score (nSPS) is 12.5. The second-order valence-corrected chi connectivity index (χ2v) is 11.4. The Morgan fingerprint density at radius 3 is 1.38 bits per heavy atom. The fourth-order valence-electron chi connectivity index (χ4n) is 5.86. The Kier molecular flexibility index (Phi) is 8.19. The van der Waals surface area contributed by atoms with Crippen LogP contribution >= 0.6 is 0 Å². The van der Waals surface area contributed by atoms with Crippen LogP contribution in [0.5, 0.6) is 11.5 Å². The molecule has 6 heteroatoms. The highest BCUT2D eigenvalue weighted by molar-refractivity contribution is 6.11. The summed E-state index contributed by atoms with van der Waals surface area (Å²) in [7, 11) is 0. The molecule has 1 aliphatic heterocycles. The lowest BCUT2D eigenvalue weighted by Crippen LogP contribution is -2.03. The van der Waals surface area contributed by atoms with E-state index in [4.69, 9.17) is 9.47 Å². The van der Waals surface area contributed by atoms with Gasteiger partial charge in [-0.25, -0.2) is 0 Å². The Morgan fingerprint density at radius 2 is 0.979 bits per heavy atom. The van der Waals surface area contributed by atoms with Gasteiger partial charge in [-0.2, -0.15) is 0 Å². The molecule has 47 heavy (non-hydrogen) atoms. The molecule has 6 aromatic rings. The molecule has 0 amide bonds. The second-order valence-electron chi connectivity index (χ2n) is 11.4. The number of aliphatic hydroxyl groups is 2. The predicted molar refractivity (Wildman–Crippen MR) is 184 cm³/mol. The van der Waals surface area contributed by atoms with Gasteiger partial charge in [0.25, 0.3) is 0 Å².